The fourth-order valence-electron chi connectivity index (χ4n) is 4.60. The summed E-state index contributed by atoms with van der Waals surface area (Å²) in [7, 11) is -3.10. The van der Waals surface area contributed by atoms with Gasteiger partial charge in [-0.15, -0.1) is 0 Å². The van der Waals surface area contributed by atoms with Crippen molar-refractivity contribution in [1.82, 2.24) is 24.6 Å². The van der Waals surface area contributed by atoms with Gasteiger partial charge >= 0.3 is 19.7 Å². The zero-order chi connectivity index (χ0) is 32.1. The number of hydrogen-bond acceptors (Lipinski definition) is 14. The number of carbonyl (C=O) groups excluding carboxylic acids is 2. The van der Waals surface area contributed by atoms with Gasteiger partial charge in [0.2, 0.25) is 5.88 Å². The molecule has 3 unspecified atom stereocenters. The van der Waals surface area contributed by atoms with Crippen LogP contribution in [0.1, 0.15) is 44.4 Å². The number of ether oxygens (including phenoxy) is 4. The molecule has 1 fully saturated rings. The number of imidazole rings is 1. The second-order valence-corrected chi connectivity index (χ2v) is 11.7. The molecule has 2 aromatic heterocycles. The highest BCUT2D eigenvalue weighted by Crippen LogP contribution is 2.48. The van der Waals surface area contributed by atoms with E-state index in [9.17, 15) is 24.4 Å². The van der Waals surface area contributed by atoms with Gasteiger partial charge in [-0.1, -0.05) is 30.3 Å². The number of aryl methyl sites for hydroxylation is 1. The predicted octanol–water partition coefficient (Wildman–Crippen LogP) is 1.75. The number of benzene rings is 1. The summed E-state index contributed by atoms with van der Waals surface area (Å²) < 4.78 is 47.7. The molecule has 6 atom stereocenters. The molecule has 17 heteroatoms. The Balaban J connectivity index is 1.59. The first-order valence-corrected chi connectivity index (χ1v) is 15.3. The quantitative estimate of drug-likeness (QED) is 0.170. The van der Waals surface area contributed by atoms with E-state index in [4.69, 9.17) is 28.0 Å². The SMILES string of the molecule is CCOC(=O)COP(=O)(NC(C(=O)OCC)c1ccccc1)OC[C@H]1O[C@@H](n2cnc3c(OC)nc(C)nc32)[C@@](C)(O)C1O. The first kappa shape index (κ1) is 33.4. The topological polar surface area (TPSA) is 203 Å². The van der Waals surface area contributed by atoms with Crippen LogP contribution in [0, 0.1) is 6.92 Å². The number of rotatable bonds is 14. The molecule has 1 aliphatic heterocycles. The van der Waals surface area contributed by atoms with Crippen molar-refractivity contribution in [2.75, 3.05) is 33.5 Å². The number of aliphatic hydroxyl groups excluding tert-OH is 1. The van der Waals surface area contributed by atoms with Crippen LogP contribution in [0.2, 0.25) is 0 Å². The second-order valence-electron chi connectivity index (χ2n) is 9.90. The van der Waals surface area contributed by atoms with Crippen LogP contribution in [-0.4, -0.2) is 93.0 Å². The van der Waals surface area contributed by atoms with Crippen LogP contribution in [0.5, 0.6) is 5.88 Å². The minimum absolute atomic E-state index is 0.0382. The van der Waals surface area contributed by atoms with Gasteiger partial charge in [0.15, 0.2) is 24.0 Å². The number of hydrogen-bond donors (Lipinski definition) is 3. The van der Waals surface area contributed by atoms with E-state index in [2.05, 4.69) is 20.0 Å². The van der Waals surface area contributed by atoms with Crippen molar-refractivity contribution >= 4 is 30.8 Å². The van der Waals surface area contributed by atoms with Crippen LogP contribution in [0.3, 0.4) is 0 Å². The molecule has 1 aromatic carbocycles. The molecular formula is C27H36N5O11P. The normalized spacial score (nSPS) is 23.7. The Morgan fingerprint density at radius 1 is 1.16 bits per heavy atom. The average Bonchev–Trinajstić information content (AvgIpc) is 3.51. The molecular weight excluding hydrogens is 601 g/mol. The highest BCUT2D eigenvalue weighted by atomic mass is 31.2. The zero-order valence-corrected chi connectivity index (χ0v) is 25.8. The molecule has 240 valence electrons. The molecule has 0 aliphatic carbocycles. The van der Waals surface area contributed by atoms with Crippen LogP contribution < -0.4 is 9.82 Å². The van der Waals surface area contributed by atoms with Crippen LogP contribution in [0.4, 0.5) is 0 Å². The molecule has 0 spiro atoms. The Morgan fingerprint density at radius 2 is 1.86 bits per heavy atom. The number of nitrogens with zero attached hydrogens (tertiary/aromatic N) is 4. The van der Waals surface area contributed by atoms with Crippen molar-refractivity contribution in [3.05, 3.63) is 48.0 Å². The standard InChI is InChI=1S/C27H36N5O11P/c1-6-39-19(33)14-42-44(37,31-20(25(35)40-7-2)17-11-9-8-10-12-17)41-13-18-22(34)27(4,36)26(43-18)32-15-28-21-23(32)29-16(3)30-24(21)38-5/h8-12,15,18,20,22,26,34,36H,6-7,13-14H2,1-5H3,(H,31,37)/t18-,20?,22?,26-,27+,44?/m1/s1. The number of nitrogens with one attached hydrogen (secondary N) is 1. The van der Waals surface area contributed by atoms with Crippen molar-refractivity contribution in [1.29, 1.82) is 0 Å². The summed E-state index contributed by atoms with van der Waals surface area (Å²) in [6.45, 7) is 4.91. The predicted molar refractivity (Wildman–Crippen MR) is 152 cm³/mol. The summed E-state index contributed by atoms with van der Waals surface area (Å²) in [5.74, 6) is -1.02. The number of fused-ring (bicyclic) bond motifs is 1. The first-order valence-electron chi connectivity index (χ1n) is 13.8. The van der Waals surface area contributed by atoms with Crippen molar-refractivity contribution in [2.24, 2.45) is 0 Å². The van der Waals surface area contributed by atoms with E-state index in [1.807, 2.05) is 0 Å². The minimum Gasteiger partial charge on any atom is -0.479 e. The van der Waals surface area contributed by atoms with E-state index >= 15 is 0 Å². The van der Waals surface area contributed by atoms with E-state index < -0.39 is 63.0 Å². The zero-order valence-electron chi connectivity index (χ0n) is 24.9. The molecule has 16 nitrogen and oxygen atoms in total. The van der Waals surface area contributed by atoms with Crippen molar-refractivity contribution in [3.8, 4) is 5.88 Å². The van der Waals surface area contributed by atoms with Gasteiger partial charge in [0, 0.05) is 0 Å². The minimum atomic E-state index is -4.53. The maximum Gasteiger partial charge on any atom is 0.407 e. The number of methoxy groups -OCH3 is 1. The van der Waals surface area contributed by atoms with Gasteiger partial charge in [0.25, 0.3) is 0 Å². The lowest BCUT2D eigenvalue weighted by Gasteiger charge is -2.27. The van der Waals surface area contributed by atoms with Crippen molar-refractivity contribution in [2.45, 2.75) is 57.8 Å². The third-order valence-electron chi connectivity index (χ3n) is 6.71. The van der Waals surface area contributed by atoms with Crippen LogP contribution in [0.25, 0.3) is 11.2 Å². The lowest BCUT2D eigenvalue weighted by atomic mass is 9.96. The summed E-state index contributed by atoms with van der Waals surface area (Å²) in [5, 5.41) is 24.9. The van der Waals surface area contributed by atoms with Gasteiger partial charge in [-0.25, -0.2) is 29.2 Å². The monoisotopic (exact) mass is 637 g/mol. The van der Waals surface area contributed by atoms with Gasteiger partial charge in [-0.05, 0) is 33.3 Å². The Kier molecular flexibility index (Phi) is 10.7. The molecule has 0 bridgehead atoms. The van der Waals surface area contributed by atoms with Gasteiger partial charge in [-0.2, -0.15) is 4.98 Å². The van der Waals surface area contributed by atoms with Gasteiger partial charge in [0.1, 0.15) is 29.7 Å². The molecule has 0 amide bonds. The number of carbonyl (C=O) groups is 2. The number of aromatic nitrogens is 4. The summed E-state index contributed by atoms with van der Waals surface area (Å²) in [6, 6.07) is 6.96. The van der Waals surface area contributed by atoms with Crippen LogP contribution in [-0.2, 0) is 37.4 Å². The highest BCUT2D eigenvalue weighted by molar-refractivity contribution is 7.51. The fraction of sp³-hybridized carbons (Fsp3) is 0.519. The van der Waals surface area contributed by atoms with E-state index in [0.717, 1.165) is 0 Å². The molecule has 44 heavy (non-hydrogen) atoms. The van der Waals surface area contributed by atoms with E-state index in [1.165, 1.54) is 24.9 Å². The first-order chi connectivity index (χ1) is 20.9. The molecule has 0 radical (unpaired) electrons. The summed E-state index contributed by atoms with van der Waals surface area (Å²) >= 11 is 0. The number of esters is 2. The molecule has 3 N–H and O–H groups in total. The van der Waals surface area contributed by atoms with Gasteiger partial charge in [0.05, 0.1) is 33.3 Å². The molecule has 1 saturated heterocycles. The van der Waals surface area contributed by atoms with E-state index in [-0.39, 0.29) is 24.7 Å². The molecule has 4 rings (SSSR count). The lowest BCUT2D eigenvalue weighted by Crippen LogP contribution is -2.44. The maximum absolute atomic E-state index is 14.0. The Hall–Kier alpha value is -3.50. The fourth-order valence-corrected chi connectivity index (χ4v) is 6.02. The third kappa shape index (κ3) is 7.24. The Morgan fingerprint density at radius 3 is 2.52 bits per heavy atom. The number of aliphatic hydroxyl groups is 2. The average molecular weight is 638 g/mol. The smallest absolute Gasteiger partial charge is 0.407 e. The Labute approximate surface area is 253 Å². The van der Waals surface area contributed by atoms with Crippen LogP contribution in [0.15, 0.2) is 36.7 Å². The van der Waals surface area contributed by atoms with Crippen molar-refractivity contribution in [3.63, 3.8) is 0 Å². The summed E-state index contributed by atoms with van der Waals surface area (Å²) in [5.41, 5.74) is -0.944. The van der Waals surface area contributed by atoms with E-state index in [0.29, 0.717) is 16.9 Å². The lowest BCUT2D eigenvalue weighted by molar-refractivity contribution is -0.145. The van der Waals surface area contributed by atoms with E-state index in [1.54, 1.807) is 51.1 Å². The molecule has 1 aliphatic rings. The highest BCUT2D eigenvalue weighted by Gasteiger charge is 2.54. The molecule has 0 saturated carbocycles. The largest absolute Gasteiger partial charge is 0.479 e. The Bertz CT molecular complexity index is 1500. The molecule has 3 aromatic rings. The summed E-state index contributed by atoms with van der Waals surface area (Å²) in [4.78, 5) is 37.8. The van der Waals surface area contributed by atoms with Crippen LogP contribution >= 0.6 is 7.75 Å². The maximum atomic E-state index is 14.0. The van der Waals surface area contributed by atoms with Gasteiger partial charge in [-0.3, -0.25) is 13.6 Å². The third-order valence-corrected chi connectivity index (χ3v) is 8.24. The van der Waals surface area contributed by atoms with Gasteiger partial charge < -0.3 is 29.2 Å². The summed E-state index contributed by atoms with van der Waals surface area (Å²) in [6.07, 6.45) is -2.70. The van der Waals surface area contributed by atoms with Crippen molar-refractivity contribution < 1.29 is 52.4 Å². The second kappa shape index (κ2) is 14.1. The molecule has 3 heterocycles.